The minimum absolute atomic E-state index is 0.224. The molecule has 0 saturated carbocycles. The highest BCUT2D eigenvalue weighted by atomic mass is 35.5. The molecule has 0 aliphatic rings. The Balaban J connectivity index is 1.61. The van der Waals surface area contributed by atoms with Gasteiger partial charge in [0.25, 0.3) is 0 Å². The summed E-state index contributed by atoms with van der Waals surface area (Å²) in [7, 11) is 0. The van der Waals surface area contributed by atoms with E-state index in [1.165, 1.54) is 12.3 Å². The van der Waals surface area contributed by atoms with Crippen LogP contribution in [0.15, 0.2) is 48.7 Å². The van der Waals surface area contributed by atoms with E-state index in [2.05, 4.69) is 25.8 Å². The van der Waals surface area contributed by atoms with Gasteiger partial charge in [0.2, 0.25) is 5.95 Å². The van der Waals surface area contributed by atoms with E-state index in [1.54, 1.807) is 36.4 Å². The fourth-order valence-electron chi connectivity index (χ4n) is 2.17. The van der Waals surface area contributed by atoms with Crippen molar-refractivity contribution < 1.29 is 4.39 Å². The third-order valence-corrected chi connectivity index (χ3v) is 4.13. The van der Waals surface area contributed by atoms with E-state index in [0.29, 0.717) is 40.3 Å². The zero-order chi connectivity index (χ0) is 17.6. The van der Waals surface area contributed by atoms with Gasteiger partial charge >= 0.3 is 0 Å². The first kappa shape index (κ1) is 17.4. The number of halogens is 3. The molecule has 0 aliphatic heterocycles. The number of benzene rings is 2. The van der Waals surface area contributed by atoms with Gasteiger partial charge in [-0.25, -0.2) is 4.39 Å². The fraction of sp³-hybridized carbons (Fsp3) is 0.118. The number of hydrogen-bond acceptors (Lipinski definition) is 5. The van der Waals surface area contributed by atoms with Gasteiger partial charge in [0.1, 0.15) is 5.82 Å². The molecule has 0 fully saturated rings. The van der Waals surface area contributed by atoms with Gasteiger partial charge in [-0.2, -0.15) is 10.1 Å². The minimum Gasteiger partial charge on any atom is -0.353 e. The van der Waals surface area contributed by atoms with Gasteiger partial charge in [-0.3, -0.25) is 0 Å². The average Bonchev–Trinajstić information content (AvgIpc) is 2.60. The summed E-state index contributed by atoms with van der Waals surface area (Å²) in [5.41, 5.74) is 1.36. The first-order valence-corrected chi connectivity index (χ1v) is 8.26. The highest BCUT2D eigenvalue weighted by molar-refractivity contribution is 6.42. The van der Waals surface area contributed by atoms with Crippen LogP contribution in [0.25, 0.3) is 0 Å². The summed E-state index contributed by atoms with van der Waals surface area (Å²) >= 11 is 11.9. The van der Waals surface area contributed by atoms with Gasteiger partial charge in [-0.05, 0) is 36.2 Å². The summed E-state index contributed by atoms with van der Waals surface area (Å²) in [6.07, 6.45) is 2.00. The topological polar surface area (TPSA) is 62.7 Å². The summed E-state index contributed by atoms with van der Waals surface area (Å²) in [5.74, 6) is 0.626. The Morgan fingerprint density at radius 3 is 2.68 bits per heavy atom. The molecule has 0 saturated heterocycles. The van der Waals surface area contributed by atoms with Crippen molar-refractivity contribution in [2.75, 3.05) is 17.2 Å². The zero-order valence-corrected chi connectivity index (χ0v) is 14.5. The quantitative estimate of drug-likeness (QED) is 0.650. The van der Waals surface area contributed by atoms with Crippen LogP contribution in [-0.2, 0) is 6.42 Å². The molecule has 3 aromatic rings. The van der Waals surface area contributed by atoms with Crippen LogP contribution in [0.3, 0.4) is 0 Å². The third kappa shape index (κ3) is 4.78. The molecule has 0 aliphatic carbocycles. The van der Waals surface area contributed by atoms with Gasteiger partial charge in [0.15, 0.2) is 5.82 Å². The normalized spacial score (nSPS) is 10.5. The first-order valence-electron chi connectivity index (χ1n) is 7.51. The van der Waals surface area contributed by atoms with E-state index >= 15 is 0 Å². The van der Waals surface area contributed by atoms with E-state index in [0.717, 1.165) is 5.69 Å². The Hall–Kier alpha value is -2.44. The number of rotatable bonds is 6. The average molecular weight is 378 g/mol. The Labute approximate surface area is 154 Å². The molecule has 0 spiro atoms. The second kappa shape index (κ2) is 8.09. The van der Waals surface area contributed by atoms with E-state index in [1.807, 2.05) is 0 Å². The second-order valence-electron chi connectivity index (χ2n) is 5.19. The van der Waals surface area contributed by atoms with Crippen LogP contribution in [0.1, 0.15) is 5.56 Å². The van der Waals surface area contributed by atoms with E-state index < -0.39 is 0 Å². The lowest BCUT2D eigenvalue weighted by atomic mass is 10.1. The summed E-state index contributed by atoms with van der Waals surface area (Å²) in [4.78, 5) is 4.31. The summed E-state index contributed by atoms with van der Waals surface area (Å²) in [6, 6.07) is 11.8. The third-order valence-electron chi connectivity index (χ3n) is 3.39. The van der Waals surface area contributed by atoms with Crippen molar-refractivity contribution in [2.45, 2.75) is 6.42 Å². The molecule has 2 N–H and O–H groups in total. The van der Waals surface area contributed by atoms with Crippen molar-refractivity contribution in [3.63, 3.8) is 0 Å². The molecule has 8 heteroatoms. The van der Waals surface area contributed by atoms with Crippen molar-refractivity contribution in [3.8, 4) is 0 Å². The number of anilines is 3. The molecule has 3 rings (SSSR count). The van der Waals surface area contributed by atoms with Crippen molar-refractivity contribution >= 4 is 40.7 Å². The SMILES string of the molecule is Fc1ccccc1CCNc1nncc(Nc2ccc(Cl)c(Cl)c2)n1. The molecule has 128 valence electrons. The highest BCUT2D eigenvalue weighted by Crippen LogP contribution is 2.26. The Bertz CT molecular complexity index is 875. The van der Waals surface area contributed by atoms with Crippen LogP contribution in [0.4, 0.5) is 21.8 Å². The van der Waals surface area contributed by atoms with E-state index in [9.17, 15) is 4.39 Å². The maximum absolute atomic E-state index is 13.6. The second-order valence-corrected chi connectivity index (χ2v) is 6.00. The molecule has 5 nitrogen and oxygen atoms in total. The predicted octanol–water partition coefficient (Wildman–Crippen LogP) is 4.72. The largest absolute Gasteiger partial charge is 0.353 e. The molecule has 0 radical (unpaired) electrons. The molecule has 0 atom stereocenters. The molecular weight excluding hydrogens is 364 g/mol. The van der Waals surface area contributed by atoms with E-state index in [4.69, 9.17) is 23.2 Å². The lowest BCUT2D eigenvalue weighted by Crippen LogP contribution is -2.10. The molecule has 1 aromatic heterocycles. The molecule has 0 bridgehead atoms. The lowest BCUT2D eigenvalue weighted by molar-refractivity contribution is 0.610. The van der Waals surface area contributed by atoms with Gasteiger partial charge < -0.3 is 10.6 Å². The first-order chi connectivity index (χ1) is 12.1. The highest BCUT2D eigenvalue weighted by Gasteiger charge is 2.05. The molecule has 0 amide bonds. The van der Waals surface area contributed by atoms with Crippen LogP contribution < -0.4 is 10.6 Å². The Morgan fingerprint density at radius 2 is 1.88 bits per heavy atom. The summed E-state index contributed by atoms with van der Waals surface area (Å²) in [5, 5.41) is 14.8. The summed E-state index contributed by atoms with van der Waals surface area (Å²) < 4.78 is 13.6. The van der Waals surface area contributed by atoms with Gasteiger partial charge in [0.05, 0.1) is 16.2 Å². The standard InChI is InChI=1S/C17H14Cl2FN5/c18-13-6-5-12(9-14(13)19)23-16-10-22-25-17(24-16)21-8-7-11-3-1-2-4-15(11)20/h1-6,9-10H,7-8H2,(H2,21,23,24,25). The van der Waals surface area contributed by atoms with Gasteiger partial charge in [0, 0.05) is 12.2 Å². The monoisotopic (exact) mass is 377 g/mol. The molecule has 2 aromatic carbocycles. The number of nitrogens with one attached hydrogen (secondary N) is 2. The Kier molecular flexibility index (Phi) is 5.63. The number of aromatic nitrogens is 3. The van der Waals surface area contributed by atoms with Crippen molar-refractivity contribution in [2.24, 2.45) is 0 Å². The number of nitrogens with zero attached hydrogens (tertiary/aromatic N) is 3. The smallest absolute Gasteiger partial charge is 0.244 e. The van der Waals surface area contributed by atoms with Crippen LogP contribution in [0, 0.1) is 5.82 Å². The lowest BCUT2D eigenvalue weighted by Gasteiger charge is -2.08. The molecular formula is C17H14Cl2FN5. The minimum atomic E-state index is -0.224. The van der Waals surface area contributed by atoms with Crippen LogP contribution >= 0.6 is 23.2 Å². The zero-order valence-electron chi connectivity index (χ0n) is 13.0. The number of hydrogen-bond donors (Lipinski definition) is 2. The molecule has 25 heavy (non-hydrogen) atoms. The molecule has 1 heterocycles. The van der Waals surface area contributed by atoms with Crippen molar-refractivity contribution in [1.82, 2.24) is 15.2 Å². The van der Waals surface area contributed by atoms with Crippen LogP contribution in [-0.4, -0.2) is 21.7 Å². The maximum atomic E-state index is 13.6. The maximum Gasteiger partial charge on any atom is 0.244 e. The van der Waals surface area contributed by atoms with Crippen molar-refractivity contribution in [1.29, 1.82) is 0 Å². The van der Waals surface area contributed by atoms with Gasteiger partial charge in [-0.1, -0.05) is 41.4 Å². The summed E-state index contributed by atoms with van der Waals surface area (Å²) in [6.45, 7) is 0.485. The van der Waals surface area contributed by atoms with E-state index in [-0.39, 0.29) is 5.82 Å². The predicted molar refractivity (Wildman–Crippen MR) is 98.2 cm³/mol. The van der Waals surface area contributed by atoms with Crippen molar-refractivity contribution in [3.05, 3.63) is 70.1 Å². The Morgan fingerprint density at radius 1 is 1.04 bits per heavy atom. The molecule has 0 unspecified atom stereocenters. The fourth-order valence-corrected chi connectivity index (χ4v) is 2.47. The van der Waals surface area contributed by atoms with Crippen LogP contribution in [0.5, 0.6) is 0 Å². The van der Waals surface area contributed by atoms with Crippen LogP contribution in [0.2, 0.25) is 10.0 Å². The van der Waals surface area contributed by atoms with Gasteiger partial charge in [-0.15, -0.1) is 5.10 Å².